The van der Waals surface area contributed by atoms with Crippen LogP contribution in [0, 0.1) is 33.5 Å². The van der Waals surface area contributed by atoms with E-state index in [0.717, 1.165) is 38.5 Å². The summed E-state index contributed by atoms with van der Waals surface area (Å²) in [6.45, 7) is 8.23. The first-order valence-electron chi connectivity index (χ1n) is 11.2. The van der Waals surface area contributed by atoms with E-state index in [0.29, 0.717) is 18.3 Å². The highest BCUT2D eigenvalue weighted by Crippen LogP contribution is 2.85. The Morgan fingerprint density at radius 3 is 2.69 bits per heavy atom. The van der Waals surface area contributed by atoms with Gasteiger partial charge in [0.1, 0.15) is 0 Å². The molecule has 3 fully saturated rings. The van der Waals surface area contributed by atoms with E-state index in [1.54, 1.807) is 0 Å². The zero-order valence-electron chi connectivity index (χ0n) is 18.1. The number of hydrogen-bond donors (Lipinski definition) is 0. The molecule has 5 aliphatic carbocycles. The number of ether oxygens (including phenoxy) is 1. The molecule has 6 unspecified atom stereocenters. The van der Waals surface area contributed by atoms with Gasteiger partial charge in [0, 0.05) is 24.2 Å². The fourth-order valence-corrected chi connectivity index (χ4v) is 8.29. The van der Waals surface area contributed by atoms with Crippen molar-refractivity contribution in [1.29, 1.82) is 0 Å². The van der Waals surface area contributed by atoms with Crippen molar-refractivity contribution in [2.75, 3.05) is 6.61 Å². The number of esters is 1. The molecule has 4 nitrogen and oxygen atoms in total. The van der Waals surface area contributed by atoms with Gasteiger partial charge in [-0.3, -0.25) is 14.4 Å². The minimum Gasteiger partial charge on any atom is -0.458 e. The highest BCUT2D eigenvalue weighted by atomic mass is 16.5. The lowest BCUT2D eigenvalue weighted by Crippen LogP contribution is -2.48. The fraction of sp³-hybridized carbons (Fsp3) is 0.720. The molecular formula is C25H32O4. The Morgan fingerprint density at radius 1 is 1.21 bits per heavy atom. The van der Waals surface area contributed by atoms with Gasteiger partial charge in [-0.2, -0.15) is 0 Å². The minimum atomic E-state index is -0.381. The van der Waals surface area contributed by atoms with E-state index in [1.165, 1.54) is 18.1 Å². The van der Waals surface area contributed by atoms with Crippen LogP contribution in [0.5, 0.6) is 0 Å². The molecule has 0 radical (unpaired) electrons. The number of ketones is 2. The van der Waals surface area contributed by atoms with Crippen LogP contribution in [-0.2, 0) is 19.1 Å². The van der Waals surface area contributed by atoms with Crippen molar-refractivity contribution < 1.29 is 19.1 Å². The molecule has 0 aliphatic heterocycles. The maximum absolute atomic E-state index is 13.3. The number of fused-ring (bicyclic) bond motifs is 7. The third kappa shape index (κ3) is 2.24. The van der Waals surface area contributed by atoms with Crippen LogP contribution >= 0.6 is 0 Å². The molecule has 0 heterocycles. The molecule has 0 amide bonds. The largest absolute Gasteiger partial charge is 0.458 e. The molecule has 0 N–H and O–H groups in total. The molecule has 6 atom stereocenters. The topological polar surface area (TPSA) is 60.4 Å². The number of hydrogen-bond acceptors (Lipinski definition) is 4. The van der Waals surface area contributed by atoms with Crippen molar-refractivity contribution in [2.45, 2.75) is 72.6 Å². The maximum Gasteiger partial charge on any atom is 0.303 e. The van der Waals surface area contributed by atoms with Gasteiger partial charge >= 0.3 is 5.97 Å². The molecule has 0 bridgehead atoms. The summed E-state index contributed by atoms with van der Waals surface area (Å²) in [5.74, 6) is 1.03. The van der Waals surface area contributed by atoms with E-state index in [2.05, 4.69) is 26.8 Å². The van der Waals surface area contributed by atoms with Gasteiger partial charge in [-0.25, -0.2) is 0 Å². The summed E-state index contributed by atoms with van der Waals surface area (Å²) in [7, 11) is 0. The molecule has 0 aromatic carbocycles. The Kier molecular flexibility index (Phi) is 3.79. The van der Waals surface area contributed by atoms with Crippen LogP contribution in [0.15, 0.2) is 23.3 Å². The molecule has 0 aromatic heterocycles. The van der Waals surface area contributed by atoms with Crippen LogP contribution < -0.4 is 0 Å². The molecule has 156 valence electrons. The van der Waals surface area contributed by atoms with Crippen molar-refractivity contribution in [1.82, 2.24) is 0 Å². The standard InChI is InChI=1S/C25H32O4/c1-15(26)29-13-21(28)25-14-22(25,2)12-20-18-6-5-16-11-17(27)7-9-23(16,3)19(18)8-10-24(20,25)4/h8,11,18,20H,5-7,9-10,12-14H2,1-4H3. The van der Waals surface area contributed by atoms with Crippen LogP contribution in [0.25, 0.3) is 0 Å². The van der Waals surface area contributed by atoms with Crippen molar-refractivity contribution in [3.63, 3.8) is 0 Å². The van der Waals surface area contributed by atoms with Crippen LogP contribution in [0.4, 0.5) is 0 Å². The lowest BCUT2D eigenvalue weighted by Gasteiger charge is -2.54. The normalized spacial score (nSPS) is 47.1. The molecule has 29 heavy (non-hydrogen) atoms. The van der Waals surface area contributed by atoms with Gasteiger partial charge in [0.15, 0.2) is 18.2 Å². The van der Waals surface area contributed by atoms with Gasteiger partial charge in [-0.1, -0.05) is 38.0 Å². The maximum atomic E-state index is 13.3. The number of rotatable bonds is 3. The van der Waals surface area contributed by atoms with E-state index in [9.17, 15) is 14.4 Å². The van der Waals surface area contributed by atoms with E-state index in [4.69, 9.17) is 4.74 Å². The monoisotopic (exact) mass is 396 g/mol. The van der Waals surface area contributed by atoms with Gasteiger partial charge in [-0.05, 0) is 67.3 Å². The lowest BCUT2D eigenvalue weighted by molar-refractivity contribution is -0.150. The predicted molar refractivity (Wildman–Crippen MR) is 109 cm³/mol. The quantitative estimate of drug-likeness (QED) is 0.518. The van der Waals surface area contributed by atoms with E-state index in [-0.39, 0.29) is 45.8 Å². The van der Waals surface area contributed by atoms with Crippen LogP contribution in [0.2, 0.25) is 0 Å². The zero-order valence-corrected chi connectivity index (χ0v) is 18.1. The summed E-state index contributed by atoms with van der Waals surface area (Å²) >= 11 is 0. The summed E-state index contributed by atoms with van der Waals surface area (Å²) in [5, 5.41) is 0. The fourth-order valence-electron chi connectivity index (χ4n) is 8.29. The first-order chi connectivity index (χ1) is 13.6. The Morgan fingerprint density at radius 2 is 1.97 bits per heavy atom. The number of Topliss-reactive ketones (excluding diaryl/α,β-unsaturated/α-hetero) is 1. The highest BCUT2D eigenvalue weighted by Gasteiger charge is 2.82. The summed E-state index contributed by atoms with van der Waals surface area (Å²) in [6, 6.07) is 0. The Labute approximate surface area is 173 Å². The third-order valence-electron chi connectivity index (χ3n) is 9.82. The molecule has 5 aliphatic rings. The van der Waals surface area contributed by atoms with Gasteiger partial charge in [0.25, 0.3) is 0 Å². The summed E-state index contributed by atoms with van der Waals surface area (Å²) in [5.41, 5.74) is 2.52. The van der Waals surface area contributed by atoms with E-state index >= 15 is 0 Å². The smallest absolute Gasteiger partial charge is 0.303 e. The number of allylic oxidation sites excluding steroid dienone is 4. The zero-order chi connectivity index (χ0) is 20.8. The third-order valence-corrected chi connectivity index (χ3v) is 9.82. The summed E-state index contributed by atoms with van der Waals surface area (Å²) in [4.78, 5) is 36.6. The van der Waals surface area contributed by atoms with Crippen LogP contribution in [0.1, 0.15) is 72.6 Å². The van der Waals surface area contributed by atoms with Crippen molar-refractivity contribution in [3.8, 4) is 0 Å². The average Bonchev–Trinajstić information content (AvgIpc) is 3.24. The van der Waals surface area contributed by atoms with Crippen LogP contribution in [0.3, 0.4) is 0 Å². The Balaban J connectivity index is 1.51. The molecule has 5 rings (SSSR count). The van der Waals surface area contributed by atoms with Crippen molar-refractivity contribution in [2.24, 2.45) is 33.5 Å². The summed E-state index contributed by atoms with van der Waals surface area (Å²) in [6.07, 6.45) is 11.0. The van der Waals surface area contributed by atoms with Gasteiger partial charge < -0.3 is 4.74 Å². The second-order valence-corrected chi connectivity index (χ2v) is 11.1. The average molecular weight is 397 g/mol. The van der Waals surface area contributed by atoms with Crippen molar-refractivity contribution in [3.05, 3.63) is 23.3 Å². The molecule has 4 heteroatoms. The van der Waals surface area contributed by atoms with Gasteiger partial charge in [0.05, 0.1) is 0 Å². The SMILES string of the molecule is CC(=O)OCC(=O)C12CC1(C)CC1C3CCC4=CC(=O)CCC4(C)C3=CCC12C. The number of carbonyl (C=O) groups excluding carboxylic acids is 3. The summed E-state index contributed by atoms with van der Waals surface area (Å²) < 4.78 is 5.14. The van der Waals surface area contributed by atoms with Crippen molar-refractivity contribution >= 4 is 17.5 Å². The van der Waals surface area contributed by atoms with Gasteiger partial charge in [0.2, 0.25) is 0 Å². The van der Waals surface area contributed by atoms with E-state index in [1.807, 2.05) is 6.08 Å². The predicted octanol–water partition coefficient (Wildman–Crippen LogP) is 4.58. The van der Waals surface area contributed by atoms with E-state index < -0.39 is 0 Å². The first-order valence-corrected chi connectivity index (χ1v) is 11.2. The lowest BCUT2D eigenvalue weighted by atomic mass is 9.49. The molecule has 0 aromatic rings. The Bertz CT molecular complexity index is 896. The molecule has 3 saturated carbocycles. The second kappa shape index (κ2) is 5.70. The molecular weight excluding hydrogens is 364 g/mol. The minimum absolute atomic E-state index is 0.0285. The Hall–Kier alpha value is -1.71. The molecule has 0 saturated heterocycles. The number of carbonyl (C=O) groups is 3. The van der Waals surface area contributed by atoms with Gasteiger partial charge in [-0.15, -0.1) is 0 Å². The first kappa shape index (κ1) is 19.3. The van der Waals surface area contributed by atoms with Crippen LogP contribution in [-0.4, -0.2) is 24.1 Å². The highest BCUT2D eigenvalue weighted by molar-refractivity contribution is 5.93. The second-order valence-electron chi connectivity index (χ2n) is 11.1. The molecule has 0 spiro atoms.